The Morgan fingerprint density at radius 1 is 1.00 bits per heavy atom. The van der Waals surface area contributed by atoms with Crippen LogP contribution in [0.15, 0.2) is 72.8 Å². The van der Waals surface area contributed by atoms with Gasteiger partial charge in [0.2, 0.25) is 0 Å². The Hall–Kier alpha value is -3.18. The molecule has 0 saturated carbocycles. The molecule has 4 aromatic rings. The number of carbonyl (C=O) groups is 1. The predicted molar refractivity (Wildman–Crippen MR) is 108 cm³/mol. The number of nitrogens with zero attached hydrogens (tertiary/aromatic N) is 2. The standard InChI is InChI=1S/C22H17ClFN3O/c23-17-9-3-2-8-16(17)22(28)25-13-21-26-19-11-5-6-12-20(19)27(21)14-15-7-1-4-10-18(15)24/h1-12H,13-14H2,(H,25,28). The van der Waals surface area contributed by atoms with Crippen molar-refractivity contribution in [1.82, 2.24) is 14.9 Å². The normalized spacial score (nSPS) is 10.9. The number of hydrogen-bond acceptors (Lipinski definition) is 2. The van der Waals surface area contributed by atoms with E-state index in [0.29, 0.717) is 28.5 Å². The van der Waals surface area contributed by atoms with Crippen LogP contribution in [0.2, 0.25) is 5.02 Å². The summed E-state index contributed by atoms with van der Waals surface area (Å²) in [6.07, 6.45) is 0. The smallest absolute Gasteiger partial charge is 0.253 e. The fraction of sp³-hybridized carbons (Fsp3) is 0.0909. The predicted octanol–water partition coefficient (Wildman–Crippen LogP) is 4.81. The average molecular weight is 394 g/mol. The number of hydrogen-bond donors (Lipinski definition) is 1. The molecular formula is C22H17ClFN3O. The topological polar surface area (TPSA) is 46.9 Å². The van der Waals surface area contributed by atoms with E-state index < -0.39 is 0 Å². The molecule has 0 atom stereocenters. The van der Waals surface area contributed by atoms with E-state index in [9.17, 15) is 9.18 Å². The van der Waals surface area contributed by atoms with Crippen LogP contribution in [0.4, 0.5) is 4.39 Å². The van der Waals surface area contributed by atoms with Crippen molar-refractivity contribution in [3.8, 4) is 0 Å². The van der Waals surface area contributed by atoms with Gasteiger partial charge in [-0.15, -0.1) is 0 Å². The molecule has 0 saturated heterocycles. The van der Waals surface area contributed by atoms with Crippen LogP contribution in [0.1, 0.15) is 21.7 Å². The zero-order chi connectivity index (χ0) is 19.5. The van der Waals surface area contributed by atoms with Crippen molar-refractivity contribution in [2.75, 3.05) is 0 Å². The summed E-state index contributed by atoms with van der Waals surface area (Å²) in [5.74, 6) is 0.0892. The molecule has 0 aliphatic carbocycles. The third kappa shape index (κ3) is 3.62. The van der Waals surface area contributed by atoms with Crippen LogP contribution in [0.3, 0.4) is 0 Å². The average Bonchev–Trinajstić information content (AvgIpc) is 3.06. The van der Waals surface area contributed by atoms with Crippen LogP contribution in [-0.2, 0) is 13.1 Å². The number of nitrogens with one attached hydrogen (secondary N) is 1. The summed E-state index contributed by atoms with van der Waals surface area (Å²) in [5.41, 5.74) is 2.64. The molecule has 0 unspecified atom stereocenters. The fourth-order valence-electron chi connectivity index (χ4n) is 3.13. The van der Waals surface area contributed by atoms with Gasteiger partial charge in [0.05, 0.1) is 34.7 Å². The summed E-state index contributed by atoms with van der Waals surface area (Å²) in [6, 6.07) is 21.2. The quantitative estimate of drug-likeness (QED) is 0.529. The second-order valence-corrected chi connectivity index (χ2v) is 6.76. The summed E-state index contributed by atoms with van der Waals surface area (Å²) in [5, 5.41) is 3.25. The molecule has 1 aromatic heterocycles. The van der Waals surface area contributed by atoms with Crippen molar-refractivity contribution in [2.45, 2.75) is 13.1 Å². The maximum atomic E-state index is 14.2. The number of aromatic nitrogens is 2. The van der Waals surface area contributed by atoms with E-state index in [1.165, 1.54) is 6.07 Å². The second kappa shape index (κ2) is 7.82. The molecule has 140 valence electrons. The molecule has 1 N–H and O–H groups in total. The van der Waals surface area contributed by atoms with E-state index in [4.69, 9.17) is 11.6 Å². The van der Waals surface area contributed by atoms with Crippen molar-refractivity contribution >= 4 is 28.5 Å². The Kier molecular flexibility index (Phi) is 5.08. The fourth-order valence-corrected chi connectivity index (χ4v) is 3.36. The van der Waals surface area contributed by atoms with Crippen molar-refractivity contribution < 1.29 is 9.18 Å². The van der Waals surface area contributed by atoms with Gasteiger partial charge in [-0.2, -0.15) is 0 Å². The van der Waals surface area contributed by atoms with Gasteiger partial charge in [0.15, 0.2) is 0 Å². The number of halogens is 2. The SMILES string of the molecule is O=C(NCc1nc2ccccc2n1Cc1ccccc1F)c1ccccc1Cl. The largest absolute Gasteiger partial charge is 0.345 e. The molecule has 0 radical (unpaired) electrons. The van der Waals surface area contributed by atoms with Crippen molar-refractivity contribution in [1.29, 1.82) is 0 Å². The van der Waals surface area contributed by atoms with E-state index in [0.717, 1.165) is 11.0 Å². The van der Waals surface area contributed by atoms with Gasteiger partial charge in [-0.3, -0.25) is 4.79 Å². The van der Waals surface area contributed by atoms with Gasteiger partial charge < -0.3 is 9.88 Å². The van der Waals surface area contributed by atoms with Gasteiger partial charge in [0.1, 0.15) is 11.6 Å². The third-order valence-corrected chi connectivity index (χ3v) is 4.88. The van der Waals surface area contributed by atoms with Crippen LogP contribution in [0.5, 0.6) is 0 Å². The minimum Gasteiger partial charge on any atom is -0.345 e. The Balaban J connectivity index is 1.64. The maximum absolute atomic E-state index is 14.2. The van der Waals surface area contributed by atoms with Gasteiger partial charge in [0, 0.05) is 5.56 Å². The number of rotatable bonds is 5. The number of imidazole rings is 1. The highest BCUT2D eigenvalue weighted by atomic mass is 35.5. The van der Waals surface area contributed by atoms with E-state index in [1.54, 1.807) is 42.5 Å². The molecule has 6 heteroatoms. The minimum absolute atomic E-state index is 0.202. The summed E-state index contributed by atoms with van der Waals surface area (Å²) >= 11 is 6.10. The van der Waals surface area contributed by atoms with Crippen LogP contribution in [0, 0.1) is 5.82 Å². The molecular weight excluding hydrogens is 377 g/mol. The Morgan fingerprint density at radius 2 is 1.71 bits per heavy atom. The first-order valence-corrected chi connectivity index (χ1v) is 9.21. The zero-order valence-corrected chi connectivity index (χ0v) is 15.7. The second-order valence-electron chi connectivity index (χ2n) is 6.36. The first kappa shape index (κ1) is 18.2. The number of para-hydroxylation sites is 2. The maximum Gasteiger partial charge on any atom is 0.253 e. The minimum atomic E-state index is -0.282. The number of fused-ring (bicyclic) bond motifs is 1. The number of carbonyl (C=O) groups excluding carboxylic acids is 1. The van der Waals surface area contributed by atoms with E-state index in [2.05, 4.69) is 10.3 Å². The molecule has 0 spiro atoms. The van der Waals surface area contributed by atoms with Gasteiger partial charge in [-0.1, -0.05) is 54.1 Å². The van der Waals surface area contributed by atoms with E-state index in [-0.39, 0.29) is 18.3 Å². The molecule has 0 aliphatic rings. The molecule has 1 amide bonds. The van der Waals surface area contributed by atoms with Crippen LogP contribution in [0.25, 0.3) is 11.0 Å². The van der Waals surface area contributed by atoms with Crippen molar-refractivity contribution in [3.05, 3.63) is 101 Å². The lowest BCUT2D eigenvalue weighted by Gasteiger charge is -2.11. The lowest BCUT2D eigenvalue weighted by atomic mass is 10.2. The molecule has 0 bridgehead atoms. The first-order valence-electron chi connectivity index (χ1n) is 8.84. The summed E-state index contributed by atoms with van der Waals surface area (Å²) in [4.78, 5) is 17.1. The highest BCUT2D eigenvalue weighted by molar-refractivity contribution is 6.33. The van der Waals surface area contributed by atoms with Gasteiger partial charge in [-0.05, 0) is 30.3 Å². The Morgan fingerprint density at radius 3 is 2.54 bits per heavy atom. The molecule has 0 aliphatic heterocycles. The summed E-state index contributed by atoms with van der Waals surface area (Å²) in [6.45, 7) is 0.525. The van der Waals surface area contributed by atoms with Crippen molar-refractivity contribution in [2.24, 2.45) is 0 Å². The molecule has 28 heavy (non-hydrogen) atoms. The van der Waals surface area contributed by atoms with Crippen LogP contribution < -0.4 is 5.32 Å². The summed E-state index contributed by atoms with van der Waals surface area (Å²) in [7, 11) is 0. The Bertz CT molecular complexity index is 1160. The number of amides is 1. The third-order valence-electron chi connectivity index (χ3n) is 4.55. The van der Waals surface area contributed by atoms with Gasteiger partial charge in [-0.25, -0.2) is 9.37 Å². The van der Waals surface area contributed by atoms with Crippen LogP contribution in [-0.4, -0.2) is 15.5 Å². The lowest BCUT2D eigenvalue weighted by Crippen LogP contribution is -2.25. The molecule has 0 fully saturated rings. The zero-order valence-electron chi connectivity index (χ0n) is 14.9. The van der Waals surface area contributed by atoms with Gasteiger partial charge >= 0.3 is 0 Å². The lowest BCUT2D eigenvalue weighted by molar-refractivity contribution is 0.0949. The van der Waals surface area contributed by atoms with Crippen LogP contribution >= 0.6 is 11.6 Å². The van der Waals surface area contributed by atoms with Gasteiger partial charge in [0.25, 0.3) is 5.91 Å². The monoisotopic (exact) mass is 393 g/mol. The number of benzene rings is 3. The first-order chi connectivity index (χ1) is 13.6. The van der Waals surface area contributed by atoms with E-state index in [1.807, 2.05) is 28.8 Å². The van der Waals surface area contributed by atoms with E-state index >= 15 is 0 Å². The van der Waals surface area contributed by atoms with Crippen molar-refractivity contribution in [3.63, 3.8) is 0 Å². The molecule has 4 nitrogen and oxygen atoms in total. The highest BCUT2D eigenvalue weighted by Crippen LogP contribution is 2.20. The summed E-state index contributed by atoms with van der Waals surface area (Å²) < 4.78 is 16.1. The molecule has 4 rings (SSSR count). The highest BCUT2D eigenvalue weighted by Gasteiger charge is 2.15. The molecule has 1 heterocycles. The Labute approximate surface area is 166 Å². The molecule has 3 aromatic carbocycles.